The maximum absolute atomic E-state index is 13.5. The third-order valence-electron chi connectivity index (χ3n) is 3.04. The Morgan fingerprint density at radius 3 is 3.00 bits per heavy atom. The second kappa shape index (κ2) is 6.44. The lowest BCUT2D eigenvalue weighted by molar-refractivity contribution is 0.0953. The average Bonchev–Trinajstić information content (AvgIpc) is 3.20. The van der Waals surface area contributed by atoms with Crippen molar-refractivity contribution in [3.8, 4) is 5.69 Å². The van der Waals surface area contributed by atoms with Gasteiger partial charge < -0.3 is 5.32 Å². The van der Waals surface area contributed by atoms with Crippen LogP contribution in [0.2, 0.25) is 0 Å². The van der Waals surface area contributed by atoms with Crippen molar-refractivity contribution in [1.82, 2.24) is 25.5 Å². The van der Waals surface area contributed by atoms with Gasteiger partial charge in [0.05, 0.1) is 11.3 Å². The summed E-state index contributed by atoms with van der Waals surface area (Å²) in [5.74, 6) is -0.846. The second-order valence-electron chi connectivity index (χ2n) is 4.50. The number of carbonyl (C=O) groups is 1. The topological polar surface area (TPSA) is 72.7 Å². The van der Waals surface area contributed by atoms with Gasteiger partial charge in [-0.3, -0.25) is 4.79 Å². The molecule has 0 radical (unpaired) electrons. The molecular formula is C14H12FN5OS. The molecule has 6 nitrogen and oxygen atoms in total. The summed E-state index contributed by atoms with van der Waals surface area (Å²) in [4.78, 5) is 13.5. The highest BCUT2D eigenvalue weighted by Gasteiger charge is 2.14. The molecule has 22 heavy (non-hydrogen) atoms. The Bertz CT molecular complexity index is 758. The lowest BCUT2D eigenvalue weighted by Gasteiger charge is -2.09. The maximum Gasteiger partial charge on any atom is 0.253 e. The van der Waals surface area contributed by atoms with Crippen molar-refractivity contribution in [3.05, 3.63) is 58.3 Å². The molecule has 2 aromatic heterocycles. The van der Waals surface area contributed by atoms with Gasteiger partial charge in [0.25, 0.3) is 5.91 Å². The first-order chi connectivity index (χ1) is 10.7. The maximum atomic E-state index is 13.5. The Morgan fingerprint density at radius 1 is 1.36 bits per heavy atom. The number of thiophene rings is 1. The van der Waals surface area contributed by atoms with Crippen LogP contribution in [0.15, 0.2) is 42.0 Å². The van der Waals surface area contributed by atoms with E-state index in [2.05, 4.69) is 20.8 Å². The summed E-state index contributed by atoms with van der Waals surface area (Å²) in [6.07, 6.45) is 2.09. The number of carbonyl (C=O) groups excluding carboxylic acids is 1. The van der Waals surface area contributed by atoms with E-state index in [1.54, 1.807) is 11.3 Å². The van der Waals surface area contributed by atoms with Crippen LogP contribution < -0.4 is 5.32 Å². The van der Waals surface area contributed by atoms with Crippen LogP contribution in [0.5, 0.6) is 0 Å². The lowest BCUT2D eigenvalue weighted by atomic mass is 10.1. The highest BCUT2D eigenvalue weighted by atomic mass is 32.1. The second-order valence-corrected chi connectivity index (χ2v) is 5.53. The van der Waals surface area contributed by atoms with Crippen molar-refractivity contribution < 1.29 is 9.18 Å². The van der Waals surface area contributed by atoms with Gasteiger partial charge in [-0.2, -0.15) is 4.68 Å². The normalized spacial score (nSPS) is 10.6. The fourth-order valence-corrected chi connectivity index (χ4v) is 2.72. The van der Waals surface area contributed by atoms with Gasteiger partial charge in [-0.25, -0.2) is 4.39 Å². The van der Waals surface area contributed by atoms with E-state index in [-0.39, 0.29) is 11.5 Å². The van der Waals surface area contributed by atoms with Crippen LogP contribution in [0.4, 0.5) is 4.39 Å². The average molecular weight is 317 g/mol. The number of benzene rings is 1. The Morgan fingerprint density at radius 2 is 2.27 bits per heavy atom. The minimum Gasteiger partial charge on any atom is -0.352 e. The standard InChI is InChI=1S/C14H12FN5OS/c15-10-3-4-13(20-9-17-18-19-20)12(8-10)14(21)16-6-5-11-2-1-7-22-11/h1-4,7-9H,5-6H2,(H,16,21). The fraction of sp³-hybridized carbons (Fsp3) is 0.143. The van der Waals surface area contributed by atoms with Gasteiger partial charge in [0.1, 0.15) is 12.1 Å². The molecule has 2 heterocycles. The predicted octanol–water partition coefficient (Wildman–Crippen LogP) is 1.84. The number of nitrogens with one attached hydrogen (secondary N) is 1. The highest BCUT2D eigenvalue weighted by molar-refractivity contribution is 7.09. The molecule has 0 unspecified atom stereocenters. The zero-order valence-electron chi connectivity index (χ0n) is 11.4. The molecule has 0 spiro atoms. The molecule has 3 rings (SSSR count). The van der Waals surface area contributed by atoms with Crippen LogP contribution in [0.25, 0.3) is 5.69 Å². The molecule has 0 saturated carbocycles. The van der Waals surface area contributed by atoms with Crippen LogP contribution in [0.3, 0.4) is 0 Å². The van der Waals surface area contributed by atoms with Crippen LogP contribution in [0.1, 0.15) is 15.2 Å². The highest BCUT2D eigenvalue weighted by Crippen LogP contribution is 2.15. The van der Waals surface area contributed by atoms with Crippen molar-refractivity contribution >= 4 is 17.2 Å². The third kappa shape index (κ3) is 3.17. The Labute approximate surface area is 129 Å². The summed E-state index contributed by atoms with van der Waals surface area (Å²) in [6.45, 7) is 0.477. The molecule has 0 bridgehead atoms. The molecular weight excluding hydrogens is 305 g/mol. The van der Waals surface area contributed by atoms with Gasteiger partial charge in [0, 0.05) is 11.4 Å². The minimum absolute atomic E-state index is 0.193. The molecule has 0 aliphatic heterocycles. The van der Waals surface area contributed by atoms with Crippen LogP contribution in [-0.4, -0.2) is 32.7 Å². The molecule has 0 atom stereocenters. The van der Waals surface area contributed by atoms with Gasteiger partial charge in [0.15, 0.2) is 0 Å². The summed E-state index contributed by atoms with van der Waals surface area (Å²) in [6, 6.07) is 7.88. The number of amides is 1. The van der Waals surface area contributed by atoms with E-state index in [9.17, 15) is 9.18 Å². The number of tetrazole rings is 1. The van der Waals surface area contributed by atoms with E-state index in [0.717, 1.165) is 6.42 Å². The van der Waals surface area contributed by atoms with E-state index in [4.69, 9.17) is 0 Å². The Kier molecular flexibility index (Phi) is 4.19. The Hall–Kier alpha value is -2.61. The monoisotopic (exact) mass is 317 g/mol. The quantitative estimate of drug-likeness (QED) is 0.779. The van der Waals surface area contributed by atoms with E-state index >= 15 is 0 Å². The van der Waals surface area contributed by atoms with Crippen molar-refractivity contribution in [2.75, 3.05) is 6.54 Å². The van der Waals surface area contributed by atoms with Gasteiger partial charge in [-0.15, -0.1) is 16.4 Å². The van der Waals surface area contributed by atoms with Gasteiger partial charge in [0.2, 0.25) is 0 Å². The number of nitrogens with zero attached hydrogens (tertiary/aromatic N) is 4. The fourth-order valence-electron chi connectivity index (χ4n) is 2.01. The van der Waals surface area contributed by atoms with Crippen LogP contribution in [-0.2, 0) is 6.42 Å². The summed E-state index contributed by atoms with van der Waals surface area (Å²) < 4.78 is 14.8. The molecule has 0 fully saturated rings. The number of hydrogen-bond acceptors (Lipinski definition) is 5. The molecule has 0 aliphatic rings. The number of halogens is 1. The first-order valence-corrected chi connectivity index (χ1v) is 7.45. The predicted molar refractivity (Wildman–Crippen MR) is 79.5 cm³/mol. The van der Waals surface area contributed by atoms with Crippen molar-refractivity contribution in [2.45, 2.75) is 6.42 Å². The van der Waals surface area contributed by atoms with Crippen molar-refractivity contribution in [1.29, 1.82) is 0 Å². The molecule has 112 valence electrons. The first kappa shape index (κ1) is 14.3. The SMILES string of the molecule is O=C(NCCc1cccs1)c1cc(F)ccc1-n1cnnn1. The molecule has 0 aliphatic carbocycles. The van der Waals surface area contributed by atoms with E-state index in [1.807, 2.05) is 17.5 Å². The lowest BCUT2D eigenvalue weighted by Crippen LogP contribution is -2.27. The number of hydrogen-bond donors (Lipinski definition) is 1. The van der Waals surface area contributed by atoms with Crippen LogP contribution in [0, 0.1) is 5.82 Å². The van der Waals surface area contributed by atoms with Crippen LogP contribution >= 0.6 is 11.3 Å². The number of rotatable bonds is 5. The molecule has 3 aromatic rings. The molecule has 0 saturated heterocycles. The van der Waals surface area contributed by atoms with Gasteiger partial charge >= 0.3 is 0 Å². The van der Waals surface area contributed by atoms with E-state index < -0.39 is 5.82 Å². The molecule has 8 heteroatoms. The Balaban J connectivity index is 1.75. The van der Waals surface area contributed by atoms with Gasteiger partial charge in [-0.05, 0) is 46.5 Å². The zero-order valence-corrected chi connectivity index (χ0v) is 12.3. The largest absolute Gasteiger partial charge is 0.352 e. The molecule has 1 amide bonds. The third-order valence-corrected chi connectivity index (χ3v) is 3.97. The molecule has 1 aromatic carbocycles. The van der Waals surface area contributed by atoms with E-state index in [1.165, 1.54) is 34.1 Å². The summed E-state index contributed by atoms with van der Waals surface area (Å²) in [5, 5.41) is 15.6. The minimum atomic E-state index is -0.486. The summed E-state index contributed by atoms with van der Waals surface area (Å²) in [7, 11) is 0. The zero-order chi connectivity index (χ0) is 15.4. The number of aromatic nitrogens is 4. The van der Waals surface area contributed by atoms with Crippen molar-refractivity contribution in [3.63, 3.8) is 0 Å². The van der Waals surface area contributed by atoms with E-state index in [0.29, 0.717) is 12.2 Å². The van der Waals surface area contributed by atoms with Gasteiger partial charge in [-0.1, -0.05) is 6.07 Å². The summed E-state index contributed by atoms with van der Waals surface area (Å²) in [5.41, 5.74) is 0.624. The van der Waals surface area contributed by atoms with Crippen molar-refractivity contribution in [2.24, 2.45) is 0 Å². The summed E-state index contributed by atoms with van der Waals surface area (Å²) >= 11 is 1.63. The molecule has 1 N–H and O–H groups in total. The first-order valence-electron chi connectivity index (χ1n) is 6.57. The smallest absolute Gasteiger partial charge is 0.253 e.